The molecule has 0 spiro atoms. The van der Waals surface area contributed by atoms with Gasteiger partial charge in [0, 0.05) is 0 Å². The van der Waals surface area contributed by atoms with Crippen LogP contribution >= 0.6 is 11.6 Å². The van der Waals surface area contributed by atoms with Crippen LogP contribution in [0.4, 0.5) is 5.69 Å². The van der Waals surface area contributed by atoms with Crippen molar-refractivity contribution in [3.05, 3.63) is 46.5 Å². The van der Waals surface area contributed by atoms with E-state index in [2.05, 4.69) is 5.32 Å². The Morgan fingerprint density at radius 1 is 1.07 bits per heavy atom. The van der Waals surface area contributed by atoms with Crippen molar-refractivity contribution < 1.29 is 28.5 Å². The number of hydrogen-bond donors (Lipinski definition) is 1. The van der Waals surface area contributed by atoms with Gasteiger partial charge in [-0.2, -0.15) is 0 Å². The molecule has 0 bridgehead atoms. The summed E-state index contributed by atoms with van der Waals surface area (Å²) in [5.41, 5.74) is 1.59. The smallest absolute Gasteiger partial charge is 0.338 e. The number of halogens is 1. The van der Waals surface area contributed by atoms with E-state index in [-0.39, 0.29) is 10.6 Å². The fourth-order valence-corrected chi connectivity index (χ4v) is 2.77. The maximum absolute atomic E-state index is 12.3. The molecule has 0 aliphatic heterocycles. The summed E-state index contributed by atoms with van der Waals surface area (Å²) in [7, 11) is 2.95. The van der Waals surface area contributed by atoms with Gasteiger partial charge in [-0.05, 0) is 43.2 Å². The molecule has 2 aromatic rings. The van der Waals surface area contributed by atoms with E-state index in [0.29, 0.717) is 29.5 Å². The highest BCUT2D eigenvalue weighted by Gasteiger charge is 2.18. The third-order valence-electron chi connectivity index (χ3n) is 3.88. The van der Waals surface area contributed by atoms with Gasteiger partial charge in [0.2, 0.25) is 0 Å². The Labute approximate surface area is 174 Å². The molecule has 0 saturated heterocycles. The Kier molecular flexibility index (Phi) is 8.15. The zero-order valence-corrected chi connectivity index (χ0v) is 17.6. The first kappa shape index (κ1) is 22.4. The highest BCUT2D eigenvalue weighted by atomic mass is 35.5. The largest absolute Gasteiger partial charge is 0.495 e. The number of aryl methyl sites for hydroxylation is 1. The first-order valence-corrected chi connectivity index (χ1v) is 9.39. The molecule has 7 nitrogen and oxygen atoms in total. The molecule has 156 valence electrons. The first-order valence-electron chi connectivity index (χ1n) is 9.01. The van der Waals surface area contributed by atoms with Crippen molar-refractivity contribution in [2.75, 3.05) is 32.8 Å². The number of methoxy groups -OCH3 is 2. The molecule has 0 aromatic heterocycles. The summed E-state index contributed by atoms with van der Waals surface area (Å²) in [4.78, 5) is 24.5. The molecule has 1 amide bonds. The lowest BCUT2D eigenvalue weighted by atomic mass is 10.2. The fraction of sp³-hybridized carbons (Fsp3) is 0.333. The number of ether oxygens (including phenoxy) is 4. The SMILES string of the molecule is CCCOc1c(Cl)cc(C(=O)OCC(=O)Nc2cc(C)ccc2OC)cc1OC. The Morgan fingerprint density at radius 3 is 2.45 bits per heavy atom. The summed E-state index contributed by atoms with van der Waals surface area (Å²) in [6.45, 7) is 3.84. The van der Waals surface area contributed by atoms with Crippen molar-refractivity contribution in [2.24, 2.45) is 0 Å². The van der Waals surface area contributed by atoms with E-state index < -0.39 is 18.5 Å². The summed E-state index contributed by atoms with van der Waals surface area (Å²) in [6, 6.07) is 8.24. The Hall–Kier alpha value is -2.93. The molecule has 0 fully saturated rings. The van der Waals surface area contributed by atoms with Gasteiger partial charge >= 0.3 is 5.97 Å². The Bertz CT molecular complexity index is 884. The van der Waals surface area contributed by atoms with Gasteiger partial charge < -0.3 is 24.3 Å². The maximum Gasteiger partial charge on any atom is 0.338 e. The number of nitrogens with one attached hydrogen (secondary N) is 1. The van der Waals surface area contributed by atoms with Gasteiger partial charge in [-0.3, -0.25) is 4.79 Å². The predicted octanol–water partition coefficient (Wildman–Crippen LogP) is 4.25. The lowest BCUT2D eigenvalue weighted by Gasteiger charge is -2.14. The quantitative estimate of drug-likeness (QED) is 0.609. The van der Waals surface area contributed by atoms with E-state index in [9.17, 15) is 9.59 Å². The molecule has 0 atom stereocenters. The Morgan fingerprint density at radius 2 is 1.79 bits per heavy atom. The molecular formula is C21H24ClNO6. The number of carbonyl (C=O) groups is 2. The van der Waals surface area contributed by atoms with Crippen LogP contribution in [0, 0.1) is 6.92 Å². The molecule has 0 radical (unpaired) electrons. The second-order valence-corrected chi connectivity index (χ2v) is 6.57. The van der Waals surface area contributed by atoms with Crippen molar-refractivity contribution in [2.45, 2.75) is 20.3 Å². The average molecular weight is 422 g/mol. The van der Waals surface area contributed by atoms with Gasteiger partial charge in [0.05, 0.1) is 37.1 Å². The molecule has 8 heteroatoms. The molecule has 29 heavy (non-hydrogen) atoms. The van der Waals surface area contributed by atoms with E-state index in [1.807, 2.05) is 19.9 Å². The average Bonchev–Trinajstić information content (AvgIpc) is 2.70. The number of benzene rings is 2. The molecule has 0 heterocycles. The monoisotopic (exact) mass is 421 g/mol. The van der Waals surface area contributed by atoms with Gasteiger partial charge in [0.1, 0.15) is 5.75 Å². The summed E-state index contributed by atoms with van der Waals surface area (Å²) in [5.74, 6) is -0.0278. The van der Waals surface area contributed by atoms with Gasteiger partial charge in [0.25, 0.3) is 5.91 Å². The normalized spacial score (nSPS) is 10.2. The van der Waals surface area contributed by atoms with Crippen LogP contribution in [-0.2, 0) is 9.53 Å². The van der Waals surface area contributed by atoms with E-state index in [1.165, 1.54) is 26.4 Å². The summed E-state index contributed by atoms with van der Waals surface area (Å²) in [6.07, 6.45) is 0.796. The Balaban J connectivity index is 2.04. The highest BCUT2D eigenvalue weighted by Crippen LogP contribution is 2.36. The number of carbonyl (C=O) groups excluding carboxylic acids is 2. The maximum atomic E-state index is 12.3. The minimum atomic E-state index is -0.710. The van der Waals surface area contributed by atoms with E-state index in [1.54, 1.807) is 12.1 Å². The van der Waals surface area contributed by atoms with Crippen molar-refractivity contribution in [1.82, 2.24) is 0 Å². The molecule has 0 saturated carbocycles. The fourth-order valence-electron chi connectivity index (χ4n) is 2.50. The lowest BCUT2D eigenvalue weighted by molar-refractivity contribution is -0.119. The second kappa shape index (κ2) is 10.6. The zero-order chi connectivity index (χ0) is 21.4. The minimum Gasteiger partial charge on any atom is -0.495 e. The van der Waals surface area contributed by atoms with E-state index in [0.717, 1.165) is 12.0 Å². The summed E-state index contributed by atoms with van der Waals surface area (Å²) in [5, 5.41) is 2.88. The topological polar surface area (TPSA) is 83.1 Å². The predicted molar refractivity (Wildman–Crippen MR) is 110 cm³/mol. The number of rotatable bonds is 9. The first-order chi connectivity index (χ1) is 13.9. The van der Waals surface area contributed by atoms with Crippen LogP contribution in [-0.4, -0.2) is 39.3 Å². The van der Waals surface area contributed by atoms with Crippen molar-refractivity contribution in [3.63, 3.8) is 0 Å². The van der Waals surface area contributed by atoms with Gasteiger partial charge in [-0.15, -0.1) is 0 Å². The zero-order valence-electron chi connectivity index (χ0n) is 16.8. The number of amides is 1. The van der Waals surface area contributed by atoms with Crippen LogP contribution in [0.2, 0.25) is 5.02 Å². The molecule has 2 rings (SSSR count). The third kappa shape index (κ3) is 6.02. The molecule has 0 unspecified atom stereocenters. The van der Waals surface area contributed by atoms with Crippen LogP contribution < -0.4 is 19.5 Å². The molecule has 2 aromatic carbocycles. The summed E-state index contributed by atoms with van der Waals surface area (Å²) < 4.78 is 21.1. The molecular weight excluding hydrogens is 398 g/mol. The van der Waals surface area contributed by atoms with Crippen LogP contribution in [0.3, 0.4) is 0 Å². The molecule has 1 N–H and O–H groups in total. The van der Waals surface area contributed by atoms with Gasteiger partial charge in [-0.25, -0.2) is 4.79 Å². The number of esters is 1. The minimum absolute atomic E-state index is 0.150. The van der Waals surface area contributed by atoms with Crippen LogP contribution in [0.15, 0.2) is 30.3 Å². The van der Waals surface area contributed by atoms with Crippen LogP contribution in [0.25, 0.3) is 0 Å². The summed E-state index contributed by atoms with van der Waals surface area (Å²) >= 11 is 6.21. The number of anilines is 1. The molecule has 0 aliphatic rings. The van der Waals surface area contributed by atoms with E-state index >= 15 is 0 Å². The van der Waals surface area contributed by atoms with Gasteiger partial charge in [-0.1, -0.05) is 24.6 Å². The van der Waals surface area contributed by atoms with Crippen molar-refractivity contribution in [1.29, 1.82) is 0 Å². The van der Waals surface area contributed by atoms with E-state index in [4.69, 9.17) is 30.5 Å². The number of hydrogen-bond acceptors (Lipinski definition) is 6. The molecule has 0 aliphatic carbocycles. The second-order valence-electron chi connectivity index (χ2n) is 6.17. The van der Waals surface area contributed by atoms with Crippen molar-refractivity contribution in [3.8, 4) is 17.2 Å². The standard InChI is InChI=1S/C21H24ClNO6/c1-5-8-28-20-15(22)10-14(11-18(20)27-4)21(25)29-12-19(24)23-16-9-13(2)6-7-17(16)26-3/h6-7,9-11H,5,8,12H2,1-4H3,(H,23,24). The van der Waals surface area contributed by atoms with Crippen molar-refractivity contribution >= 4 is 29.2 Å². The van der Waals surface area contributed by atoms with Crippen LogP contribution in [0.1, 0.15) is 29.3 Å². The van der Waals surface area contributed by atoms with Gasteiger partial charge in [0.15, 0.2) is 18.1 Å². The van der Waals surface area contributed by atoms with Crippen LogP contribution in [0.5, 0.6) is 17.2 Å². The lowest BCUT2D eigenvalue weighted by Crippen LogP contribution is -2.21. The highest BCUT2D eigenvalue weighted by molar-refractivity contribution is 6.32. The third-order valence-corrected chi connectivity index (χ3v) is 4.16.